The summed E-state index contributed by atoms with van der Waals surface area (Å²) in [5.41, 5.74) is 0. The molecule has 0 N–H and O–H groups in total. The van der Waals surface area contributed by atoms with Gasteiger partial charge >= 0.3 is 142 Å². The van der Waals surface area contributed by atoms with Crippen molar-refractivity contribution >= 4 is 60.8 Å². The van der Waals surface area contributed by atoms with E-state index in [2.05, 4.69) is 0 Å². The van der Waals surface area contributed by atoms with E-state index in [4.69, 9.17) is 0 Å². The van der Waals surface area contributed by atoms with Crippen LogP contribution in [0.15, 0.2) is 0 Å². The summed E-state index contributed by atoms with van der Waals surface area (Å²) in [6, 6.07) is 0. The first-order valence-corrected chi connectivity index (χ1v) is 0. The van der Waals surface area contributed by atoms with Crippen LogP contribution in [0.25, 0.3) is 0 Å². The van der Waals surface area contributed by atoms with Gasteiger partial charge in [-0.2, -0.15) is 0 Å². The van der Waals surface area contributed by atoms with Crippen molar-refractivity contribution in [3.05, 3.63) is 0 Å². The fraction of sp³-hybridized carbons (Fsp3) is 0. The Morgan fingerprint density at radius 3 is 1.20 bits per heavy atom. The molecule has 0 aliphatic heterocycles. The van der Waals surface area contributed by atoms with E-state index in [0.717, 1.165) is 0 Å². The van der Waals surface area contributed by atoms with E-state index in [1.165, 1.54) is 0 Å². The number of rotatable bonds is 0. The predicted molar refractivity (Wildman–Crippen MR) is 18.2 cm³/mol. The molecule has 5 heteroatoms. The Bertz CT molecular complexity index is 22.5. The molecule has 1 radical (unpaired) electrons. The second-order valence-corrected chi connectivity index (χ2v) is 0. The molecule has 0 bridgehead atoms. The molecular formula is H6CaCuKMgNa. The van der Waals surface area contributed by atoms with Gasteiger partial charge in [0, 0.05) is 17.1 Å². The standard InChI is InChI=1S/Ca.Cu.K.Mg.Na.6H/q+2;;+1;+2;+1;6*-1. The second kappa shape index (κ2) is 22.9. The van der Waals surface area contributed by atoms with E-state index in [9.17, 15) is 0 Å². The Morgan fingerprint density at radius 1 is 1.20 bits per heavy atom. The van der Waals surface area contributed by atoms with Gasteiger partial charge in [-0.05, 0) is 0 Å². The molecule has 0 heterocycles. The van der Waals surface area contributed by atoms with Crippen molar-refractivity contribution < 1.29 is 107 Å². The molecule has 0 saturated carbocycles. The van der Waals surface area contributed by atoms with Crippen LogP contribution in [0.2, 0.25) is 0 Å². The maximum absolute atomic E-state index is 0. The third-order valence-corrected chi connectivity index (χ3v) is 0. The van der Waals surface area contributed by atoms with Gasteiger partial charge in [-0.15, -0.1) is 0 Å². The maximum Gasteiger partial charge on any atom is 2.00 e. The van der Waals surface area contributed by atoms with Crippen molar-refractivity contribution in [1.29, 1.82) is 0 Å². The molecule has 23 valence electrons. The summed E-state index contributed by atoms with van der Waals surface area (Å²) in [7, 11) is 0. The van der Waals surface area contributed by atoms with Crippen molar-refractivity contribution in [2.24, 2.45) is 0 Å². The molecular weight excluding hydrogens is 190 g/mol. The van der Waals surface area contributed by atoms with Crippen molar-refractivity contribution in [3.63, 3.8) is 0 Å². The minimum Gasteiger partial charge on any atom is -1.00 e. The van der Waals surface area contributed by atoms with E-state index < -0.39 is 0 Å². The topological polar surface area (TPSA) is 0 Å². The first kappa shape index (κ1) is 32.0. The maximum atomic E-state index is 0. The van der Waals surface area contributed by atoms with Gasteiger partial charge < -0.3 is 8.56 Å². The SMILES string of the molecule is [Ca+2].[Cu].[H-].[H-].[H-].[H-].[H-].[H-].[K+].[Mg+2].[Na+]. The van der Waals surface area contributed by atoms with E-state index in [-0.39, 0.29) is 167 Å². The van der Waals surface area contributed by atoms with Gasteiger partial charge in [-0.3, -0.25) is 0 Å². The Hall–Kier alpha value is 5.18. The molecule has 0 unspecified atom stereocenters. The normalized spacial score (nSPS) is 0. The number of hydrogen-bond acceptors (Lipinski definition) is 0. The van der Waals surface area contributed by atoms with E-state index >= 15 is 0 Å². The van der Waals surface area contributed by atoms with Gasteiger partial charge in [0.1, 0.15) is 0 Å². The van der Waals surface area contributed by atoms with Crippen LogP contribution in [-0.4, -0.2) is 60.8 Å². The predicted octanol–water partition coefficient (Wildman–Crippen LogP) is -6.08. The molecule has 0 aliphatic rings. The molecule has 0 nitrogen and oxygen atoms in total. The average molecular weight is 196 g/mol. The van der Waals surface area contributed by atoms with Gasteiger partial charge in [-0.1, -0.05) is 0 Å². The second-order valence-electron chi connectivity index (χ2n) is 0. The summed E-state index contributed by atoms with van der Waals surface area (Å²) >= 11 is 0. The molecule has 0 fully saturated rings. The van der Waals surface area contributed by atoms with Crippen molar-refractivity contribution in [2.75, 3.05) is 0 Å². The molecule has 0 aliphatic carbocycles. The zero-order chi connectivity index (χ0) is 0. The van der Waals surface area contributed by atoms with Crippen LogP contribution in [0, 0.1) is 0 Å². The molecule has 0 aromatic carbocycles. The molecule has 0 aromatic heterocycles. The molecule has 0 rings (SSSR count). The summed E-state index contributed by atoms with van der Waals surface area (Å²) in [5, 5.41) is 0. The Kier molecular flexibility index (Phi) is 146. The first-order valence-electron chi connectivity index (χ1n) is 0. The molecule has 5 heavy (non-hydrogen) atoms. The fourth-order valence-corrected chi connectivity index (χ4v) is 0. The van der Waals surface area contributed by atoms with Gasteiger partial charge in [0.05, 0.1) is 0 Å². The smallest absolute Gasteiger partial charge is 1.00 e. The minimum absolute atomic E-state index is 0. The molecule has 0 atom stereocenters. The van der Waals surface area contributed by atoms with Gasteiger partial charge in [0.25, 0.3) is 0 Å². The first-order chi connectivity index (χ1) is 0. The van der Waals surface area contributed by atoms with Crippen molar-refractivity contribution in [3.8, 4) is 0 Å². The third-order valence-electron chi connectivity index (χ3n) is 0. The summed E-state index contributed by atoms with van der Waals surface area (Å²) in [5.74, 6) is 0. The van der Waals surface area contributed by atoms with Crippen LogP contribution < -0.4 is 80.9 Å². The summed E-state index contributed by atoms with van der Waals surface area (Å²) in [6.07, 6.45) is 0. The average Bonchev–Trinajstić information content (AvgIpc) is 0. The Morgan fingerprint density at radius 2 is 1.20 bits per heavy atom. The number of hydrogen-bond donors (Lipinski definition) is 0. The third kappa shape index (κ3) is 17.6. The molecule has 0 spiro atoms. The van der Waals surface area contributed by atoms with Crippen molar-refractivity contribution in [2.45, 2.75) is 0 Å². The van der Waals surface area contributed by atoms with E-state index in [1.807, 2.05) is 0 Å². The molecule has 0 saturated heterocycles. The monoisotopic (exact) mass is 195 g/mol. The van der Waals surface area contributed by atoms with Crippen LogP contribution in [0.3, 0.4) is 0 Å². The quantitative estimate of drug-likeness (QED) is 0.338. The van der Waals surface area contributed by atoms with Crippen LogP contribution in [0.4, 0.5) is 0 Å². The largest absolute Gasteiger partial charge is 2.00 e. The van der Waals surface area contributed by atoms with E-state index in [1.54, 1.807) is 0 Å². The molecule has 0 aromatic rings. The zero-order valence-corrected chi connectivity index (χ0v) is 13.4. The summed E-state index contributed by atoms with van der Waals surface area (Å²) in [4.78, 5) is 0. The summed E-state index contributed by atoms with van der Waals surface area (Å²) < 4.78 is 0. The van der Waals surface area contributed by atoms with Gasteiger partial charge in [-0.25, -0.2) is 0 Å². The minimum atomic E-state index is 0. The van der Waals surface area contributed by atoms with Crippen LogP contribution >= 0.6 is 0 Å². The molecule has 0 amide bonds. The van der Waals surface area contributed by atoms with Crippen LogP contribution in [0.1, 0.15) is 8.56 Å². The Balaban J connectivity index is 0. The van der Waals surface area contributed by atoms with Crippen molar-refractivity contribution in [1.82, 2.24) is 0 Å². The Labute approximate surface area is 163 Å². The van der Waals surface area contributed by atoms with Gasteiger partial charge in [0.15, 0.2) is 0 Å². The van der Waals surface area contributed by atoms with Crippen LogP contribution in [0.5, 0.6) is 0 Å². The fourth-order valence-electron chi connectivity index (χ4n) is 0. The van der Waals surface area contributed by atoms with E-state index in [0.29, 0.717) is 0 Å². The van der Waals surface area contributed by atoms with Crippen LogP contribution in [-0.2, 0) is 17.1 Å². The van der Waals surface area contributed by atoms with Gasteiger partial charge in [0.2, 0.25) is 0 Å². The summed E-state index contributed by atoms with van der Waals surface area (Å²) in [6.45, 7) is 0. The zero-order valence-electron chi connectivity index (χ0n) is 9.72.